The summed E-state index contributed by atoms with van der Waals surface area (Å²) in [5.41, 5.74) is 2.09. The van der Waals surface area contributed by atoms with Gasteiger partial charge < -0.3 is 24.7 Å². The van der Waals surface area contributed by atoms with Crippen molar-refractivity contribution in [2.75, 3.05) is 46.4 Å². The molecule has 13 heteroatoms. The Labute approximate surface area is 291 Å². The van der Waals surface area contributed by atoms with E-state index in [-0.39, 0.29) is 52.7 Å². The van der Waals surface area contributed by atoms with Crippen molar-refractivity contribution in [2.45, 2.75) is 60.0 Å². The summed E-state index contributed by atoms with van der Waals surface area (Å²) >= 11 is 8.07. The second-order valence-electron chi connectivity index (χ2n) is 12.6. The second-order valence-corrected chi connectivity index (χ2v) is 13.9. The molecule has 2 amide bonds. The summed E-state index contributed by atoms with van der Waals surface area (Å²) in [5, 5.41) is 10.7. The van der Waals surface area contributed by atoms with Gasteiger partial charge in [0.15, 0.2) is 0 Å². The third-order valence-corrected chi connectivity index (χ3v) is 10.3. The highest BCUT2D eigenvalue weighted by Gasteiger charge is 2.50. The average Bonchev–Trinajstić information content (AvgIpc) is 3.34. The number of hydrogen-bond donors (Lipinski definition) is 1. The van der Waals surface area contributed by atoms with Gasteiger partial charge in [-0.25, -0.2) is 14.0 Å². The van der Waals surface area contributed by atoms with Crippen LogP contribution in [-0.4, -0.2) is 103 Å². The number of methoxy groups -OCH3 is 1. The molecular weight excluding hydrogens is 657 g/mol. The standard InChI is InChI=1S/C35H45ClFN5O5S/c1-8-47-33(43)28(30(24-12-9-13-26(37)29(24)36)39-23(6)32-21(4)11-10-16-48-32)25(22(5)38)18-40-14-15-42-27(31(40)34(44)46-7)19-41(35(42)45)17-20(2)3/h9-10,12-13,16,20,25,27,31,38H,8,11,14-15,17-19H2,1-7H3/b30-28+,38-22?,39-23?. The van der Waals surface area contributed by atoms with Gasteiger partial charge in [0, 0.05) is 54.8 Å². The van der Waals surface area contributed by atoms with Gasteiger partial charge in [0.05, 0.1) is 41.8 Å². The SMILES string of the molecule is CCOC(=O)/C(=C(/N=C(C)C1=C(C)CC=CS1)c1cccc(F)c1Cl)C(CN1CCN2C(=O)N(CC(C)C)CC2C1C(=O)OC)C(C)=N. The zero-order valence-electron chi connectivity index (χ0n) is 28.6. The van der Waals surface area contributed by atoms with Gasteiger partial charge >= 0.3 is 18.0 Å². The van der Waals surface area contributed by atoms with Crippen molar-refractivity contribution in [3.05, 3.63) is 62.1 Å². The summed E-state index contributed by atoms with van der Waals surface area (Å²) in [6, 6.07) is 2.85. The van der Waals surface area contributed by atoms with E-state index >= 15 is 4.39 Å². The molecule has 3 unspecified atom stereocenters. The molecule has 10 nitrogen and oxygen atoms in total. The first kappa shape index (κ1) is 37.3. The van der Waals surface area contributed by atoms with Crippen LogP contribution in [0.1, 0.15) is 53.5 Å². The first-order chi connectivity index (χ1) is 22.8. The van der Waals surface area contributed by atoms with Gasteiger partial charge in [0.2, 0.25) is 0 Å². The number of amides is 2. The number of ether oxygens (including phenoxy) is 2. The van der Waals surface area contributed by atoms with Gasteiger partial charge in [-0.2, -0.15) is 0 Å². The Balaban J connectivity index is 1.89. The Morgan fingerprint density at radius 3 is 2.56 bits per heavy atom. The number of esters is 2. The van der Waals surface area contributed by atoms with Crippen LogP contribution in [0.2, 0.25) is 5.02 Å². The summed E-state index contributed by atoms with van der Waals surface area (Å²) in [5.74, 6) is -2.62. The fraction of sp³-hybridized carbons (Fsp3) is 0.514. The normalized spacial score (nSPS) is 21.4. The Morgan fingerprint density at radius 1 is 1.21 bits per heavy atom. The molecule has 4 rings (SSSR count). The summed E-state index contributed by atoms with van der Waals surface area (Å²) in [7, 11) is 1.31. The third-order valence-electron chi connectivity index (χ3n) is 8.69. The number of carbonyl (C=O) groups excluding carboxylic acids is 3. The van der Waals surface area contributed by atoms with Crippen molar-refractivity contribution in [1.29, 1.82) is 5.41 Å². The molecule has 2 fully saturated rings. The van der Waals surface area contributed by atoms with Crippen LogP contribution >= 0.6 is 23.4 Å². The van der Waals surface area contributed by atoms with E-state index in [1.54, 1.807) is 29.7 Å². The average molecular weight is 702 g/mol. The molecular formula is C35H45ClFN5O5S. The van der Waals surface area contributed by atoms with Gasteiger partial charge in [-0.3, -0.25) is 14.7 Å². The van der Waals surface area contributed by atoms with Crippen molar-refractivity contribution >= 4 is 58.5 Å². The number of piperazine rings is 1. The molecule has 1 aromatic carbocycles. The summed E-state index contributed by atoms with van der Waals surface area (Å²) in [6.45, 7) is 12.8. The Hall–Kier alpha value is -3.48. The van der Waals surface area contributed by atoms with Crippen LogP contribution in [0.25, 0.3) is 5.70 Å². The number of nitrogens with one attached hydrogen (secondary N) is 1. The number of carbonyl (C=O) groups is 3. The molecule has 2 saturated heterocycles. The minimum absolute atomic E-state index is 0.0285. The van der Waals surface area contributed by atoms with Crippen molar-refractivity contribution in [3.63, 3.8) is 0 Å². The van der Waals surface area contributed by atoms with Gasteiger partial charge in [-0.15, -0.1) is 0 Å². The highest BCUT2D eigenvalue weighted by Crippen LogP contribution is 2.37. The molecule has 0 saturated carbocycles. The van der Waals surface area contributed by atoms with Crippen molar-refractivity contribution in [1.82, 2.24) is 14.7 Å². The largest absolute Gasteiger partial charge is 0.468 e. The maximum absolute atomic E-state index is 15.0. The number of benzene rings is 1. The lowest BCUT2D eigenvalue weighted by Crippen LogP contribution is -2.63. The maximum atomic E-state index is 15.0. The number of allylic oxidation sites excluding steroid dienone is 3. The molecule has 1 aromatic rings. The fourth-order valence-corrected chi connectivity index (χ4v) is 7.54. The van der Waals surface area contributed by atoms with E-state index in [4.69, 9.17) is 31.5 Å². The molecule has 3 heterocycles. The summed E-state index contributed by atoms with van der Waals surface area (Å²) in [4.78, 5) is 52.0. The van der Waals surface area contributed by atoms with Crippen LogP contribution in [0.4, 0.5) is 9.18 Å². The molecule has 0 aromatic heterocycles. The molecule has 1 N–H and O–H groups in total. The Morgan fingerprint density at radius 2 is 1.94 bits per heavy atom. The number of fused-ring (bicyclic) bond motifs is 1. The Bertz CT molecular complexity index is 1570. The Kier molecular flexibility index (Phi) is 12.7. The van der Waals surface area contributed by atoms with E-state index < -0.39 is 35.8 Å². The smallest absolute Gasteiger partial charge is 0.336 e. The van der Waals surface area contributed by atoms with E-state index in [0.717, 1.165) is 16.9 Å². The van der Waals surface area contributed by atoms with E-state index in [1.165, 1.54) is 31.0 Å². The lowest BCUT2D eigenvalue weighted by atomic mass is 9.88. The summed E-state index contributed by atoms with van der Waals surface area (Å²) in [6.07, 6.45) is 2.79. The van der Waals surface area contributed by atoms with Crippen LogP contribution in [0.3, 0.4) is 0 Å². The molecule has 0 aliphatic carbocycles. The molecule has 3 atom stereocenters. The number of halogens is 2. The predicted octanol–water partition coefficient (Wildman–Crippen LogP) is 6.41. The van der Waals surface area contributed by atoms with Crippen LogP contribution in [-0.2, 0) is 19.1 Å². The minimum Gasteiger partial charge on any atom is -0.468 e. The minimum atomic E-state index is -0.938. The molecule has 0 bridgehead atoms. The van der Waals surface area contributed by atoms with Gasteiger partial charge in [0.1, 0.15) is 11.9 Å². The zero-order chi connectivity index (χ0) is 35.3. The van der Waals surface area contributed by atoms with E-state index in [9.17, 15) is 14.4 Å². The van der Waals surface area contributed by atoms with Gasteiger partial charge in [0.25, 0.3) is 0 Å². The quantitative estimate of drug-likeness (QED) is 0.152. The maximum Gasteiger partial charge on any atom is 0.336 e. The number of hydrogen-bond acceptors (Lipinski definition) is 9. The van der Waals surface area contributed by atoms with Crippen LogP contribution in [0, 0.1) is 23.1 Å². The molecule has 0 spiro atoms. The number of urea groups is 1. The van der Waals surface area contributed by atoms with E-state index in [1.807, 2.05) is 44.1 Å². The third kappa shape index (κ3) is 8.03. The number of thioether (sulfide) groups is 1. The van der Waals surface area contributed by atoms with E-state index in [0.29, 0.717) is 31.9 Å². The first-order valence-corrected chi connectivity index (χ1v) is 17.4. The predicted molar refractivity (Wildman–Crippen MR) is 189 cm³/mol. The highest BCUT2D eigenvalue weighted by molar-refractivity contribution is 8.06. The lowest BCUT2D eigenvalue weighted by molar-refractivity contribution is -0.151. The highest BCUT2D eigenvalue weighted by atomic mass is 35.5. The topological polar surface area (TPSA) is 116 Å². The molecule has 48 heavy (non-hydrogen) atoms. The number of aliphatic imine (C=N–C) groups is 1. The zero-order valence-corrected chi connectivity index (χ0v) is 30.2. The fourth-order valence-electron chi connectivity index (χ4n) is 6.49. The number of rotatable bonds is 12. The first-order valence-electron chi connectivity index (χ1n) is 16.2. The summed E-state index contributed by atoms with van der Waals surface area (Å²) < 4.78 is 25.8. The van der Waals surface area contributed by atoms with Crippen molar-refractivity contribution in [2.24, 2.45) is 16.8 Å². The van der Waals surface area contributed by atoms with Crippen LogP contribution in [0.5, 0.6) is 0 Å². The van der Waals surface area contributed by atoms with Gasteiger partial charge in [-0.1, -0.05) is 61.0 Å². The monoisotopic (exact) mass is 701 g/mol. The van der Waals surface area contributed by atoms with Crippen LogP contribution in [0.15, 0.2) is 50.7 Å². The van der Waals surface area contributed by atoms with E-state index in [2.05, 4.69) is 0 Å². The van der Waals surface area contributed by atoms with Crippen LogP contribution < -0.4 is 0 Å². The molecule has 260 valence electrons. The second kappa shape index (κ2) is 16.3. The van der Waals surface area contributed by atoms with Crippen molar-refractivity contribution < 1.29 is 28.2 Å². The molecule has 3 aliphatic heterocycles. The number of nitrogens with zero attached hydrogens (tertiary/aromatic N) is 4. The lowest BCUT2D eigenvalue weighted by Gasteiger charge is -2.43. The molecule has 0 radical (unpaired) electrons. The van der Waals surface area contributed by atoms with Crippen molar-refractivity contribution in [3.8, 4) is 0 Å². The molecule has 3 aliphatic rings. The van der Waals surface area contributed by atoms with Gasteiger partial charge in [-0.05, 0) is 51.5 Å².